The molecular formula is C19H14FN3O5S. The van der Waals surface area contributed by atoms with Crippen molar-refractivity contribution in [2.24, 2.45) is 0 Å². The number of carbonyl (C=O) groups excluding carboxylic acids is 2. The van der Waals surface area contributed by atoms with Gasteiger partial charge in [0.25, 0.3) is 11.6 Å². The summed E-state index contributed by atoms with van der Waals surface area (Å²) in [6, 6.07) is 9.15. The van der Waals surface area contributed by atoms with Gasteiger partial charge >= 0.3 is 5.97 Å². The highest BCUT2D eigenvalue weighted by molar-refractivity contribution is 7.14. The van der Waals surface area contributed by atoms with Crippen LogP contribution in [0.1, 0.15) is 27.6 Å². The van der Waals surface area contributed by atoms with Gasteiger partial charge in [0.2, 0.25) is 0 Å². The Kier molecular flexibility index (Phi) is 5.93. The molecule has 0 aliphatic carbocycles. The average molecular weight is 415 g/mol. The molecule has 3 rings (SSSR count). The highest BCUT2D eigenvalue weighted by atomic mass is 32.1. The molecule has 1 aromatic heterocycles. The maximum absolute atomic E-state index is 13.4. The zero-order valence-electron chi connectivity index (χ0n) is 15.0. The van der Waals surface area contributed by atoms with E-state index in [1.807, 2.05) is 0 Å². The second-order valence-corrected chi connectivity index (χ2v) is 6.61. The maximum atomic E-state index is 13.4. The number of hydrogen-bond acceptors (Lipinski definition) is 7. The van der Waals surface area contributed by atoms with Crippen LogP contribution in [0.5, 0.6) is 0 Å². The molecule has 0 aliphatic rings. The predicted octanol–water partition coefficient (Wildman–Crippen LogP) is 4.29. The van der Waals surface area contributed by atoms with E-state index in [4.69, 9.17) is 4.74 Å². The summed E-state index contributed by atoms with van der Waals surface area (Å²) < 4.78 is 18.2. The van der Waals surface area contributed by atoms with Gasteiger partial charge in [-0.1, -0.05) is 12.1 Å². The number of amides is 1. The van der Waals surface area contributed by atoms with Gasteiger partial charge in [0, 0.05) is 28.6 Å². The number of halogens is 1. The first-order valence-electron chi connectivity index (χ1n) is 8.37. The minimum atomic E-state index is -0.770. The number of hydrogen-bond donors (Lipinski definition) is 1. The van der Waals surface area contributed by atoms with E-state index in [0.717, 1.165) is 23.5 Å². The minimum absolute atomic E-state index is 0.0883. The fraction of sp³-hybridized carbons (Fsp3) is 0.105. The van der Waals surface area contributed by atoms with Crippen LogP contribution in [0.4, 0.5) is 15.2 Å². The maximum Gasteiger partial charge on any atom is 0.338 e. The van der Waals surface area contributed by atoms with Gasteiger partial charge in [-0.15, -0.1) is 11.3 Å². The van der Waals surface area contributed by atoms with Gasteiger partial charge in [0.15, 0.2) is 5.13 Å². The number of anilines is 1. The number of nitrogens with one attached hydrogen (secondary N) is 1. The number of benzene rings is 2. The molecule has 29 heavy (non-hydrogen) atoms. The van der Waals surface area contributed by atoms with E-state index in [-0.39, 0.29) is 22.9 Å². The summed E-state index contributed by atoms with van der Waals surface area (Å²) in [6.07, 6.45) is 0. The van der Waals surface area contributed by atoms with Crippen molar-refractivity contribution in [3.8, 4) is 11.3 Å². The lowest BCUT2D eigenvalue weighted by molar-refractivity contribution is -0.384. The molecule has 0 radical (unpaired) electrons. The summed E-state index contributed by atoms with van der Waals surface area (Å²) in [5.41, 5.74) is 0.397. The van der Waals surface area contributed by atoms with Crippen LogP contribution < -0.4 is 5.32 Å². The zero-order chi connectivity index (χ0) is 21.0. The minimum Gasteiger partial charge on any atom is -0.462 e. The van der Waals surface area contributed by atoms with E-state index in [2.05, 4.69) is 10.3 Å². The molecule has 0 atom stereocenters. The van der Waals surface area contributed by atoms with Gasteiger partial charge in [-0.2, -0.15) is 0 Å². The lowest BCUT2D eigenvalue weighted by Gasteiger charge is -2.06. The fourth-order valence-corrected chi connectivity index (χ4v) is 3.18. The number of nitro groups is 1. The first-order chi connectivity index (χ1) is 13.9. The zero-order valence-corrected chi connectivity index (χ0v) is 15.9. The van der Waals surface area contributed by atoms with Crippen LogP contribution in [0.3, 0.4) is 0 Å². The van der Waals surface area contributed by atoms with Crippen molar-refractivity contribution >= 4 is 34.0 Å². The lowest BCUT2D eigenvalue weighted by atomic mass is 10.1. The molecule has 0 fully saturated rings. The molecule has 0 saturated carbocycles. The van der Waals surface area contributed by atoms with Crippen LogP contribution in [0, 0.1) is 15.9 Å². The summed E-state index contributed by atoms with van der Waals surface area (Å²) >= 11 is 1.11. The Morgan fingerprint density at radius 1 is 1.24 bits per heavy atom. The molecule has 1 amide bonds. The van der Waals surface area contributed by atoms with Crippen LogP contribution in [0.15, 0.2) is 47.8 Å². The Morgan fingerprint density at radius 3 is 2.69 bits per heavy atom. The fourth-order valence-electron chi connectivity index (χ4n) is 2.46. The molecule has 3 aromatic rings. The van der Waals surface area contributed by atoms with Gasteiger partial charge in [0.1, 0.15) is 5.82 Å². The second-order valence-electron chi connectivity index (χ2n) is 5.75. The monoisotopic (exact) mass is 415 g/mol. The quantitative estimate of drug-likeness (QED) is 0.365. The Labute approximate surface area is 168 Å². The SMILES string of the molecule is CCOC(=O)c1cc(C(=O)Nc2nc(-c3cccc(F)c3)cs2)cc([N+](=O)[O-])c1. The van der Waals surface area contributed by atoms with E-state index in [0.29, 0.717) is 11.3 Å². The van der Waals surface area contributed by atoms with Crippen molar-refractivity contribution in [1.29, 1.82) is 0 Å². The van der Waals surface area contributed by atoms with Gasteiger partial charge in [-0.05, 0) is 25.1 Å². The van der Waals surface area contributed by atoms with Crippen molar-refractivity contribution in [2.75, 3.05) is 11.9 Å². The summed E-state index contributed by atoms with van der Waals surface area (Å²) in [7, 11) is 0. The molecular weight excluding hydrogens is 401 g/mol. The van der Waals surface area contributed by atoms with Crippen molar-refractivity contribution < 1.29 is 23.6 Å². The van der Waals surface area contributed by atoms with E-state index in [1.54, 1.807) is 24.4 Å². The molecule has 0 aliphatic heterocycles. The molecule has 0 saturated heterocycles. The van der Waals surface area contributed by atoms with E-state index < -0.39 is 28.3 Å². The largest absolute Gasteiger partial charge is 0.462 e. The average Bonchev–Trinajstić information content (AvgIpc) is 3.16. The molecule has 1 heterocycles. The van der Waals surface area contributed by atoms with Crippen molar-refractivity contribution in [3.05, 3.63) is 74.9 Å². The highest BCUT2D eigenvalue weighted by Crippen LogP contribution is 2.26. The summed E-state index contributed by atoms with van der Waals surface area (Å²) in [5.74, 6) is -1.86. The molecule has 10 heteroatoms. The first kappa shape index (κ1) is 20.1. The Hall–Kier alpha value is -3.66. The van der Waals surface area contributed by atoms with Crippen LogP contribution in [-0.4, -0.2) is 28.4 Å². The van der Waals surface area contributed by atoms with Crippen LogP contribution in [0.25, 0.3) is 11.3 Å². The van der Waals surface area contributed by atoms with Gasteiger partial charge < -0.3 is 4.74 Å². The summed E-state index contributed by atoms with van der Waals surface area (Å²) in [4.78, 5) is 39.1. The Balaban J connectivity index is 1.85. The lowest BCUT2D eigenvalue weighted by Crippen LogP contribution is -2.14. The van der Waals surface area contributed by atoms with E-state index >= 15 is 0 Å². The third kappa shape index (κ3) is 4.79. The van der Waals surface area contributed by atoms with Gasteiger partial charge in [-0.25, -0.2) is 14.2 Å². The number of nitrogens with zero attached hydrogens (tertiary/aromatic N) is 2. The molecule has 148 valence electrons. The first-order valence-corrected chi connectivity index (χ1v) is 9.24. The number of nitro benzene ring substituents is 1. The third-order valence-electron chi connectivity index (χ3n) is 3.75. The van der Waals surface area contributed by atoms with Crippen LogP contribution in [0.2, 0.25) is 0 Å². The van der Waals surface area contributed by atoms with Crippen LogP contribution >= 0.6 is 11.3 Å². The normalized spacial score (nSPS) is 10.4. The molecule has 2 aromatic carbocycles. The number of esters is 1. The molecule has 8 nitrogen and oxygen atoms in total. The smallest absolute Gasteiger partial charge is 0.338 e. The standard InChI is InChI=1S/C19H14FN3O5S/c1-2-28-18(25)13-6-12(8-15(9-13)23(26)27)17(24)22-19-21-16(10-29-19)11-4-3-5-14(20)7-11/h3-10H,2H2,1H3,(H,21,22,24). The Bertz CT molecular complexity index is 1100. The molecule has 0 bridgehead atoms. The highest BCUT2D eigenvalue weighted by Gasteiger charge is 2.19. The number of rotatable bonds is 6. The van der Waals surface area contributed by atoms with Gasteiger partial charge in [0.05, 0.1) is 22.8 Å². The van der Waals surface area contributed by atoms with E-state index in [9.17, 15) is 24.1 Å². The van der Waals surface area contributed by atoms with E-state index in [1.165, 1.54) is 18.2 Å². The van der Waals surface area contributed by atoms with Gasteiger partial charge in [-0.3, -0.25) is 20.2 Å². The van der Waals surface area contributed by atoms with Crippen molar-refractivity contribution in [1.82, 2.24) is 4.98 Å². The number of thiazole rings is 1. The number of carbonyl (C=O) groups is 2. The molecule has 0 unspecified atom stereocenters. The van der Waals surface area contributed by atoms with Crippen LogP contribution in [-0.2, 0) is 4.74 Å². The summed E-state index contributed by atoms with van der Waals surface area (Å²) in [6.45, 7) is 1.69. The predicted molar refractivity (Wildman–Crippen MR) is 105 cm³/mol. The molecule has 1 N–H and O–H groups in total. The number of aromatic nitrogens is 1. The number of ether oxygens (including phenoxy) is 1. The summed E-state index contributed by atoms with van der Waals surface area (Å²) in [5, 5.41) is 15.5. The second kappa shape index (κ2) is 8.57. The topological polar surface area (TPSA) is 111 Å². The number of non-ortho nitro benzene ring substituents is 1. The third-order valence-corrected chi connectivity index (χ3v) is 4.50. The molecule has 0 spiro atoms. The Morgan fingerprint density at radius 2 is 2.00 bits per heavy atom. The van der Waals surface area contributed by atoms with Crippen molar-refractivity contribution in [3.63, 3.8) is 0 Å². The van der Waals surface area contributed by atoms with Crippen molar-refractivity contribution in [2.45, 2.75) is 6.92 Å².